The van der Waals surface area contributed by atoms with Gasteiger partial charge in [0, 0.05) is 5.39 Å². The highest BCUT2D eigenvalue weighted by Gasteiger charge is 2.16. The van der Waals surface area contributed by atoms with E-state index < -0.39 is 17.4 Å². The zero-order valence-electron chi connectivity index (χ0n) is 14.6. The van der Waals surface area contributed by atoms with Crippen LogP contribution in [0.5, 0.6) is 0 Å². The lowest BCUT2D eigenvalue weighted by Gasteiger charge is -2.09. The molecule has 0 aliphatic rings. The predicted molar refractivity (Wildman–Crippen MR) is 109 cm³/mol. The SMILES string of the molecule is O=C(Cn1c(-c2cccs2)n[nH]c1=S)NNC(=O)c1n[nH]c(=O)c2ccccc12. The van der Waals surface area contributed by atoms with Gasteiger partial charge in [0.2, 0.25) is 0 Å². The average Bonchev–Trinajstić information content (AvgIpc) is 3.37. The van der Waals surface area contributed by atoms with Crippen LogP contribution in [0.15, 0.2) is 46.6 Å². The molecule has 29 heavy (non-hydrogen) atoms. The highest BCUT2D eigenvalue weighted by Crippen LogP contribution is 2.22. The lowest BCUT2D eigenvalue weighted by molar-refractivity contribution is -0.122. The van der Waals surface area contributed by atoms with Crippen molar-refractivity contribution in [3.05, 3.63) is 62.6 Å². The minimum Gasteiger partial charge on any atom is -0.290 e. The largest absolute Gasteiger partial charge is 0.290 e. The standard InChI is InChI=1S/C17H13N7O3S2/c25-12(8-24-14(20-23-17(24)28)11-6-3-7-29-11)18-22-16(27)13-9-4-1-2-5-10(9)15(26)21-19-13/h1-7H,8H2,(H,18,25)(H,21,26)(H,22,27)(H,23,28). The molecule has 4 rings (SSSR count). The first kappa shape index (κ1) is 18.7. The Hall–Kier alpha value is -3.64. The van der Waals surface area contributed by atoms with E-state index in [0.717, 1.165) is 4.88 Å². The van der Waals surface area contributed by atoms with Crippen molar-refractivity contribution < 1.29 is 9.59 Å². The molecule has 0 unspecified atom stereocenters. The van der Waals surface area contributed by atoms with E-state index in [1.54, 1.807) is 24.3 Å². The number of carbonyl (C=O) groups is 2. The normalized spacial score (nSPS) is 10.8. The molecule has 12 heteroatoms. The molecule has 146 valence electrons. The highest BCUT2D eigenvalue weighted by atomic mass is 32.1. The van der Waals surface area contributed by atoms with E-state index in [9.17, 15) is 14.4 Å². The fraction of sp³-hybridized carbons (Fsp3) is 0.0588. The number of aromatic nitrogens is 5. The van der Waals surface area contributed by atoms with Crippen molar-refractivity contribution in [2.45, 2.75) is 6.54 Å². The van der Waals surface area contributed by atoms with Gasteiger partial charge in [-0.05, 0) is 29.7 Å². The Labute approximate surface area is 171 Å². The van der Waals surface area contributed by atoms with E-state index in [4.69, 9.17) is 12.2 Å². The lowest BCUT2D eigenvalue weighted by atomic mass is 10.1. The van der Waals surface area contributed by atoms with Gasteiger partial charge in [-0.25, -0.2) is 5.10 Å². The first-order chi connectivity index (χ1) is 14.0. The Kier molecular flexibility index (Phi) is 5.01. The van der Waals surface area contributed by atoms with Crippen molar-refractivity contribution >= 4 is 46.1 Å². The summed E-state index contributed by atoms with van der Waals surface area (Å²) in [5.41, 5.74) is 4.20. The molecule has 4 aromatic rings. The number of amides is 2. The van der Waals surface area contributed by atoms with Gasteiger partial charge in [-0.2, -0.15) is 10.2 Å². The molecule has 0 saturated carbocycles. The van der Waals surface area contributed by atoms with Crippen LogP contribution in [0, 0.1) is 4.77 Å². The Morgan fingerprint density at radius 3 is 2.62 bits per heavy atom. The number of thiophene rings is 1. The Balaban J connectivity index is 1.48. The second-order valence-electron chi connectivity index (χ2n) is 5.87. The van der Waals surface area contributed by atoms with Crippen LogP contribution in [0.1, 0.15) is 10.5 Å². The third kappa shape index (κ3) is 3.70. The fourth-order valence-corrected chi connectivity index (χ4v) is 3.63. The number of hydrogen-bond donors (Lipinski definition) is 4. The lowest BCUT2D eigenvalue weighted by Crippen LogP contribution is -2.43. The molecule has 10 nitrogen and oxygen atoms in total. The number of hydrazine groups is 1. The number of aromatic amines is 2. The smallest absolute Gasteiger partial charge is 0.290 e. The monoisotopic (exact) mass is 427 g/mol. The molecular formula is C17H13N7O3S2. The minimum absolute atomic E-state index is 0.0142. The molecule has 0 aliphatic carbocycles. The van der Waals surface area contributed by atoms with Gasteiger partial charge in [-0.15, -0.1) is 11.3 Å². The van der Waals surface area contributed by atoms with E-state index in [1.807, 2.05) is 17.5 Å². The summed E-state index contributed by atoms with van der Waals surface area (Å²) in [6.07, 6.45) is 0. The summed E-state index contributed by atoms with van der Waals surface area (Å²) < 4.78 is 1.80. The number of benzene rings is 1. The highest BCUT2D eigenvalue weighted by molar-refractivity contribution is 7.71. The molecule has 0 radical (unpaired) electrons. The maximum absolute atomic E-state index is 12.4. The van der Waals surface area contributed by atoms with E-state index in [2.05, 4.69) is 31.2 Å². The molecule has 3 aromatic heterocycles. The fourth-order valence-electron chi connectivity index (χ4n) is 2.71. The summed E-state index contributed by atoms with van der Waals surface area (Å²) in [5, 5.41) is 15.4. The molecule has 0 atom stereocenters. The molecule has 0 spiro atoms. The van der Waals surface area contributed by atoms with Crippen molar-refractivity contribution in [1.82, 2.24) is 35.8 Å². The summed E-state index contributed by atoms with van der Waals surface area (Å²) in [7, 11) is 0. The van der Waals surface area contributed by atoms with Crippen LogP contribution < -0.4 is 16.4 Å². The first-order valence-corrected chi connectivity index (χ1v) is 9.59. The number of hydrogen-bond acceptors (Lipinski definition) is 7. The van der Waals surface area contributed by atoms with Gasteiger partial charge in [0.15, 0.2) is 16.3 Å². The van der Waals surface area contributed by atoms with Gasteiger partial charge >= 0.3 is 0 Å². The summed E-state index contributed by atoms with van der Waals surface area (Å²) in [4.78, 5) is 37.4. The summed E-state index contributed by atoms with van der Waals surface area (Å²) >= 11 is 6.64. The van der Waals surface area contributed by atoms with Crippen LogP contribution in [-0.2, 0) is 11.3 Å². The van der Waals surface area contributed by atoms with Crippen LogP contribution in [0.2, 0.25) is 0 Å². The number of nitrogens with zero attached hydrogens (tertiary/aromatic N) is 3. The van der Waals surface area contributed by atoms with Crippen molar-refractivity contribution in [3.8, 4) is 10.7 Å². The van der Waals surface area contributed by atoms with Crippen LogP contribution >= 0.6 is 23.6 Å². The van der Waals surface area contributed by atoms with Gasteiger partial charge in [0.25, 0.3) is 17.4 Å². The number of fused-ring (bicyclic) bond motifs is 1. The van der Waals surface area contributed by atoms with Crippen LogP contribution in [0.25, 0.3) is 21.5 Å². The van der Waals surface area contributed by atoms with Crippen molar-refractivity contribution in [1.29, 1.82) is 0 Å². The molecule has 0 fully saturated rings. The Bertz CT molecular complexity index is 1320. The third-order valence-corrected chi connectivity index (χ3v) is 5.21. The van der Waals surface area contributed by atoms with E-state index in [0.29, 0.717) is 16.6 Å². The van der Waals surface area contributed by atoms with Gasteiger partial charge < -0.3 is 0 Å². The molecule has 0 aliphatic heterocycles. The average molecular weight is 427 g/mol. The molecular weight excluding hydrogens is 414 g/mol. The molecule has 0 saturated heterocycles. The molecule has 4 N–H and O–H groups in total. The molecule has 2 amide bonds. The molecule has 0 bridgehead atoms. The predicted octanol–water partition coefficient (Wildman–Crippen LogP) is 1.37. The van der Waals surface area contributed by atoms with E-state index >= 15 is 0 Å². The first-order valence-electron chi connectivity index (χ1n) is 8.30. The van der Waals surface area contributed by atoms with Gasteiger partial charge in [-0.3, -0.25) is 34.9 Å². The van der Waals surface area contributed by atoms with Crippen LogP contribution in [0.3, 0.4) is 0 Å². The van der Waals surface area contributed by atoms with Crippen molar-refractivity contribution in [3.63, 3.8) is 0 Å². The summed E-state index contributed by atoms with van der Waals surface area (Å²) in [5.74, 6) is -0.651. The quantitative estimate of drug-likeness (QED) is 0.287. The van der Waals surface area contributed by atoms with Crippen molar-refractivity contribution in [2.24, 2.45) is 0 Å². The second-order valence-corrected chi connectivity index (χ2v) is 7.20. The number of carbonyl (C=O) groups excluding carboxylic acids is 2. The molecule has 3 heterocycles. The Morgan fingerprint density at radius 1 is 1.07 bits per heavy atom. The van der Waals surface area contributed by atoms with Gasteiger partial charge in [0.1, 0.15) is 6.54 Å². The van der Waals surface area contributed by atoms with Gasteiger partial charge in [-0.1, -0.05) is 24.3 Å². The maximum Gasteiger partial charge on any atom is 0.290 e. The number of nitrogens with one attached hydrogen (secondary N) is 4. The van der Waals surface area contributed by atoms with Crippen LogP contribution in [-0.4, -0.2) is 36.8 Å². The zero-order valence-corrected chi connectivity index (χ0v) is 16.3. The second kappa shape index (κ2) is 7.77. The van der Waals surface area contributed by atoms with E-state index in [-0.39, 0.29) is 17.0 Å². The topological polar surface area (TPSA) is 138 Å². The minimum atomic E-state index is -0.667. The zero-order chi connectivity index (χ0) is 20.4. The summed E-state index contributed by atoms with van der Waals surface area (Å²) in [6, 6.07) is 10.3. The van der Waals surface area contributed by atoms with Gasteiger partial charge in [0.05, 0.1) is 10.3 Å². The number of H-pyrrole nitrogens is 2. The summed E-state index contributed by atoms with van der Waals surface area (Å²) in [6.45, 7) is -0.150. The Morgan fingerprint density at radius 2 is 1.86 bits per heavy atom. The van der Waals surface area contributed by atoms with Crippen molar-refractivity contribution in [2.75, 3.05) is 0 Å². The maximum atomic E-state index is 12.4. The van der Waals surface area contributed by atoms with E-state index in [1.165, 1.54) is 15.9 Å². The third-order valence-electron chi connectivity index (χ3n) is 4.03. The molecule has 1 aromatic carbocycles. The number of rotatable bonds is 4. The van der Waals surface area contributed by atoms with Crippen LogP contribution in [0.4, 0.5) is 0 Å².